The van der Waals surface area contributed by atoms with Crippen molar-refractivity contribution in [3.8, 4) is 0 Å². The van der Waals surface area contributed by atoms with Crippen LogP contribution >= 0.6 is 11.3 Å². The van der Waals surface area contributed by atoms with Crippen LogP contribution in [0.3, 0.4) is 0 Å². The zero-order valence-corrected chi connectivity index (χ0v) is 12.5. The first-order valence-electron chi connectivity index (χ1n) is 7.29. The van der Waals surface area contributed by atoms with E-state index in [1.807, 2.05) is 40.1 Å². The molecule has 2 aliphatic heterocycles. The Labute approximate surface area is 128 Å². The molecule has 0 aromatic carbocycles. The summed E-state index contributed by atoms with van der Waals surface area (Å²) in [6.45, 7) is 3.77. The van der Waals surface area contributed by atoms with Crippen LogP contribution in [-0.2, 0) is 0 Å². The largest absolute Gasteiger partial charge is 0.356 e. The number of anilines is 1. The van der Waals surface area contributed by atoms with Crippen molar-refractivity contribution in [2.75, 3.05) is 31.1 Å². The van der Waals surface area contributed by atoms with Crippen LogP contribution in [0.5, 0.6) is 0 Å². The Morgan fingerprint density at radius 2 is 1.95 bits per heavy atom. The zero-order valence-electron chi connectivity index (χ0n) is 11.7. The molecular formula is C16H17N3OS. The van der Waals surface area contributed by atoms with Gasteiger partial charge in [0.15, 0.2) is 0 Å². The number of hydrogen-bond acceptors (Lipinski definition) is 4. The normalized spacial score (nSPS) is 24.4. The Morgan fingerprint density at radius 1 is 1.14 bits per heavy atom. The van der Waals surface area contributed by atoms with Crippen molar-refractivity contribution in [1.29, 1.82) is 0 Å². The Balaban J connectivity index is 1.43. The third-order valence-corrected chi connectivity index (χ3v) is 5.20. The van der Waals surface area contributed by atoms with Gasteiger partial charge >= 0.3 is 0 Å². The van der Waals surface area contributed by atoms with E-state index >= 15 is 0 Å². The molecule has 2 fully saturated rings. The maximum Gasteiger partial charge on any atom is 0.254 e. The number of amides is 1. The molecule has 2 aromatic rings. The summed E-state index contributed by atoms with van der Waals surface area (Å²) in [5.74, 6) is 2.40. The van der Waals surface area contributed by atoms with Crippen molar-refractivity contribution in [3.63, 3.8) is 0 Å². The fourth-order valence-electron chi connectivity index (χ4n) is 3.46. The molecule has 0 unspecified atom stereocenters. The van der Waals surface area contributed by atoms with Gasteiger partial charge < -0.3 is 9.80 Å². The summed E-state index contributed by atoms with van der Waals surface area (Å²) < 4.78 is 0. The number of pyridine rings is 1. The van der Waals surface area contributed by atoms with E-state index in [0.717, 1.165) is 37.6 Å². The SMILES string of the molecule is O=C(c1ccsc1)N1C[C@@H]2CN(c3ccccn3)C[C@@H]2C1. The predicted octanol–water partition coefficient (Wildman–Crippen LogP) is 2.35. The molecule has 4 nitrogen and oxygen atoms in total. The zero-order chi connectivity index (χ0) is 14.2. The topological polar surface area (TPSA) is 36.4 Å². The minimum atomic E-state index is 0.190. The third kappa shape index (κ3) is 2.31. The lowest BCUT2D eigenvalue weighted by molar-refractivity contribution is 0.0783. The molecule has 1 amide bonds. The van der Waals surface area contributed by atoms with Gasteiger partial charge in [0, 0.05) is 49.6 Å². The van der Waals surface area contributed by atoms with Crippen LogP contribution in [0.25, 0.3) is 0 Å². The number of likely N-dealkylation sites (tertiary alicyclic amines) is 1. The first-order valence-corrected chi connectivity index (χ1v) is 8.23. The second-order valence-corrected chi connectivity index (χ2v) is 6.62. The lowest BCUT2D eigenvalue weighted by Crippen LogP contribution is -2.33. The number of hydrogen-bond donors (Lipinski definition) is 0. The molecule has 2 saturated heterocycles. The van der Waals surface area contributed by atoms with Crippen LogP contribution in [0.4, 0.5) is 5.82 Å². The Morgan fingerprint density at radius 3 is 2.57 bits per heavy atom. The van der Waals surface area contributed by atoms with Crippen LogP contribution in [0.2, 0.25) is 0 Å². The molecule has 5 heteroatoms. The molecule has 4 heterocycles. The van der Waals surface area contributed by atoms with E-state index in [1.165, 1.54) is 0 Å². The number of rotatable bonds is 2. The standard InChI is InChI=1S/C16H17N3OS/c20-16(12-4-6-21-11-12)19-9-13-7-18(8-14(13)10-19)15-3-1-2-5-17-15/h1-6,11,13-14H,7-10H2/t13-,14+. The van der Waals surface area contributed by atoms with Crippen LogP contribution in [0.1, 0.15) is 10.4 Å². The summed E-state index contributed by atoms with van der Waals surface area (Å²) in [5.41, 5.74) is 0.835. The van der Waals surface area contributed by atoms with Gasteiger partial charge in [-0.15, -0.1) is 0 Å². The van der Waals surface area contributed by atoms with E-state index in [-0.39, 0.29) is 5.91 Å². The lowest BCUT2D eigenvalue weighted by Gasteiger charge is -2.22. The van der Waals surface area contributed by atoms with Gasteiger partial charge in [0.25, 0.3) is 5.91 Å². The van der Waals surface area contributed by atoms with E-state index in [2.05, 4.69) is 16.0 Å². The molecule has 0 saturated carbocycles. The van der Waals surface area contributed by atoms with E-state index < -0.39 is 0 Å². The quantitative estimate of drug-likeness (QED) is 0.854. The van der Waals surface area contributed by atoms with Crippen molar-refractivity contribution in [2.24, 2.45) is 11.8 Å². The van der Waals surface area contributed by atoms with E-state index in [4.69, 9.17) is 0 Å². The lowest BCUT2D eigenvalue weighted by atomic mass is 10.0. The molecule has 4 rings (SSSR count). The maximum absolute atomic E-state index is 12.4. The molecular weight excluding hydrogens is 282 g/mol. The second-order valence-electron chi connectivity index (χ2n) is 5.84. The van der Waals surface area contributed by atoms with E-state index in [0.29, 0.717) is 11.8 Å². The first-order chi connectivity index (χ1) is 10.3. The summed E-state index contributed by atoms with van der Waals surface area (Å²) in [6, 6.07) is 7.96. The van der Waals surface area contributed by atoms with Gasteiger partial charge in [-0.1, -0.05) is 6.07 Å². The predicted molar refractivity (Wildman–Crippen MR) is 83.7 cm³/mol. The van der Waals surface area contributed by atoms with Crippen molar-refractivity contribution in [3.05, 3.63) is 46.8 Å². The Bertz CT molecular complexity index is 614. The summed E-state index contributed by atoms with van der Waals surface area (Å²) in [6.07, 6.45) is 1.84. The molecule has 2 aromatic heterocycles. The molecule has 0 radical (unpaired) electrons. The minimum Gasteiger partial charge on any atom is -0.356 e. The molecule has 0 bridgehead atoms. The number of nitrogens with zero attached hydrogens (tertiary/aromatic N) is 3. The van der Waals surface area contributed by atoms with Gasteiger partial charge in [-0.25, -0.2) is 4.98 Å². The molecule has 0 spiro atoms. The van der Waals surface area contributed by atoms with Crippen molar-refractivity contribution >= 4 is 23.1 Å². The fourth-order valence-corrected chi connectivity index (χ4v) is 4.09. The molecule has 0 aliphatic carbocycles. The summed E-state index contributed by atoms with van der Waals surface area (Å²) in [7, 11) is 0. The molecule has 0 N–H and O–H groups in total. The van der Waals surface area contributed by atoms with Gasteiger partial charge in [0.05, 0.1) is 5.56 Å². The summed E-state index contributed by atoms with van der Waals surface area (Å²) in [5, 5.41) is 3.91. The Hall–Kier alpha value is -1.88. The minimum absolute atomic E-state index is 0.190. The number of fused-ring (bicyclic) bond motifs is 1. The maximum atomic E-state index is 12.4. The fraction of sp³-hybridized carbons (Fsp3) is 0.375. The van der Waals surface area contributed by atoms with Crippen molar-refractivity contribution < 1.29 is 4.79 Å². The summed E-state index contributed by atoms with van der Waals surface area (Å²) >= 11 is 1.58. The van der Waals surface area contributed by atoms with Crippen LogP contribution < -0.4 is 4.90 Å². The number of aromatic nitrogens is 1. The second kappa shape index (κ2) is 5.15. The van der Waals surface area contributed by atoms with E-state index in [1.54, 1.807) is 11.3 Å². The van der Waals surface area contributed by atoms with E-state index in [9.17, 15) is 4.79 Å². The van der Waals surface area contributed by atoms with Gasteiger partial charge in [-0.2, -0.15) is 11.3 Å². The van der Waals surface area contributed by atoms with Crippen LogP contribution in [0.15, 0.2) is 41.2 Å². The van der Waals surface area contributed by atoms with Gasteiger partial charge in [-0.05, 0) is 23.6 Å². The van der Waals surface area contributed by atoms with Gasteiger partial charge in [-0.3, -0.25) is 4.79 Å². The highest BCUT2D eigenvalue weighted by Crippen LogP contribution is 2.33. The average Bonchev–Trinajstić information content (AvgIpc) is 3.23. The number of carbonyl (C=O) groups is 1. The van der Waals surface area contributed by atoms with Crippen LogP contribution in [-0.4, -0.2) is 42.0 Å². The highest BCUT2D eigenvalue weighted by molar-refractivity contribution is 7.08. The van der Waals surface area contributed by atoms with Crippen molar-refractivity contribution in [2.45, 2.75) is 0 Å². The molecule has 2 atom stereocenters. The molecule has 2 aliphatic rings. The highest BCUT2D eigenvalue weighted by Gasteiger charge is 2.42. The van der Waals surface area contributed by atoms with Crippen molar-refractivity contribution in [1.82, 2.24) is 9.88 Å². The third-order valence-electron chi connectivity index (χ3n) is 4.51. The number of thiophene rings is 1. The molecule has 21 heavy (non-hydrogen) atoms. The highest BCUT2D eigenvalue weighted by atomic mass is 32.1. The number of carbonyl (C=O) groups excluding carboxylic acids is 1. The monoisotopic (exact) mass is 299 g/mol. The van der Waals surface area contributed by atoms with Crippen LogP contribution in [0, 0.1) is 11.8 Å². The van der Waals surface area contributed by atoms with Gasteiger partial charge in [0.2, 0.25) is 0 Å². The molecule has 108 valence electrons. The Kier molecular flexibility index (Phi) is 3.15. The first kappa shape index (κ1) is 12.8. The van der Waals surface area contributed by atoms with Gasteiger partial charge in [0.1, 0.15) is 5.82 Å². The average molecular weight is 299 g/mol. The summed E-state index contributed by atoms with van der Waals surface area (Å²) in [4.78, 5) is 21.2. The smallest absolute Gasteiger partial charge is 0.254 e.